The molecule has 0 aliphatic carbocycles. The molecule has 0 unspecified atom stereocenters. The topological polar surface area (TPSA) is 101 Å². The molecule has 0 saturated carbocycles. The van der Waals surface area contributed by atoms with Gasteiger partial charge in [0.05, 0.1) is 25.6 Å². The first-order valence-corrected chi connectivity index (χ1v) is 10.8. The summed E-state index contributed by atoms with van der Waals surface area (Å²) in [6.45, 7) is 9.93. The predicted molar refractivity (Wildman–Crippen MR) is 117 cm³/mol. The van der Waals surface area contributed by atoms with Crippen LogP contribution in [0.2, 0.25) is 0 Å². The quantitative estimate of drug-likeness (QED) is 0.503. The standard InChI is InChI=1S/C22H26N2O6S/c1-11(2)10-29-22(27)17-13(5)16-19(31-17)23-18(12(3)4)24(20(16)25)9-14-7-8-15(30-14)21(26)28-6/h7-8,11-12H,9-10H2,1-6H3. The van der Waals surface area contributed by atoms with Gasteiger partial charge in [0.15, 0.2) is 0 Å². The largest absolute Gasteiger partial charge is 0.463 e. The SMILES string of the molecule is COC(=O)c1ccc(Cn2c(C(C)C)nc3sc(C(=O)OCC(C)C)c(C)c3c2=O)o1. The van der Waals surface area contributed by atoms with E-state index in [0.29, 0.717) is 38.8 Å². The van der Waals surface area contributed by atoms with Crippen molar-refractivity contribution in [2.24, 2.45) is 5.92 Å². The third-order valence-electron chi connectivity index (χ3n) is 4.69. The molecule has 3 rings (SSSR count). The monoisotopic (exact) mass is 446 g/mol. The molecule has 0 saturated heterocycles. The lowest BCUT2D eigenvalue weighted by Crippen LogP contribution is -2.26. The van der Waals surface area contributed by atoms with Gasteiger partial charge in [-0.1, -0.05) is 27.7 Å². The number of thiophene rings is 1. The number of hydrogen-bond donors (Lipinski definition) is 0. The van der Waals surface area contributed by atoms with Gasteiger partial charge < -0.3 is 13.9 Å². The van der Waals surface area contributed by atoms with Gasteiger partial charge in [-0.25, -0.2) is 14.6 Å². The van der Waals surface area contributed by atoms with Crippen molar-refractivity contribution in [2.75, 3.05) is 13.7 Å². The summed E-state index contributed by atoms with van der Waals surface area (Å²) in [4.78, 5) is 43.2. The number of hydrogen-bond acceptors (Lipinski definition) is 8. The van der Waals surface area contributed by atoms with Crippen molar-refractivity contribution in [1.29, 1.82) is 0 Å². The van der Waals surface area contributed by atoms with Gasteiger partial charge in [-0.05, 0) is 30.5 Å². The highest BCUT2D eigenvalue weighted by atomic mass is 32.1. The lowest BCUT2D eigenvalue weighted by atomic mass is 10.1. The number of aryl methyl sites for hydroxylation is 1. The number of methoxy groups -OCH3 is 1. The van der Waals surface area contributed by atoms with Crippen LogP contribution in [0, 0.1) is 12.8 Å². The smallest absolute Gasteiger partial charge is 0.373 e. The number of furan rings is 1. The lowest BCUT2D eigenvalue weighted by molar-refractivity contribution is 0.0463. The number of rotatable bonds is 7. The first-order chi connectivity index (χ1) is 14.6. The minimum atomic E-state index is -0.588. The third-order valence-corrected chi connectivity index (χ3v) is 5.86. The minimum absolute atomic E-state index is 0.0501. The Hall–Kier alpha value is -2.94. The summed E-state index contributed by atoms with van der Waals surface area (Å²) >= 11 is 1.17. The Labute approximate surface area is 183 Å². The zero-order chi connectivity index (χ0) is 22.9. The van der Waals surface area contributed by atoms with E-state index in [1.807, 2.05) is 27.7 Å². The van der Waals surface area contributed by atoms with Gasteiger partial charge >= 0.3 is 11.9 Å². The molecule has 0 atom stereocenters. The summed E-state index contributed by atoms with van der Waals surface area (Å²) in [5, 5.41) is 0.394. The molecule has 0 fully saturated rings. The van der Waals surface area contributed by atoms with Crippen molar-refractivity contribution >= 4 is 33.5 Å². The molecular formula is C22H26N2O6S. The second-order valence-electron chi connectivity index (χ2n) is 8.00. The van der Waals surface area contributed by atoms with Crippen LogP contribution in [0.25, 0.3) is 10.2 Å². The van der Waals surface area contributed by atoms with E-state index in [9.17, 15) is 14.4 Å². The van der Waals surface area contributed by atoms with E-state index in [4.69, 9.17) is 9.15 Å². The summed E-state index contributed by atoms with van der Waals surface area (Å²) < 4.78 is 17.1. The fraction of sp³-hybridized carbons (Fsp3) is 0.455. The lowest BCUT2D eigenvalue weighted by Gasteiger charge is -2.14. The first kappa shape index (κ1) is 22.7. The molecule has 166 valence electrons. The van der Waals surface area contributed by atoms with Crippen molar-refractivity contribution in [3.05, 3.63) is 50.3 Å². The van der Waals surface area contributed by atoms with Gasteiger partial charge in [-0.2, -0.15) is 0 Å². The molecule has 0 radical (unpaired) electrons. The van der Waals surface area contributed by atoms with Crippen molar-refractivity contribution < 1.29 is 23.5 Å². The number of fused-ring (bicyclic) bond motifs is 1. The molecule has 31 heavy (non-hydrogen) atoms. The van der Waals surface area contributed by atoms with Crippen LogP contribution in [0.3, 0.4) is 0 Å². The Morgan fingerprint density at radius 3 is 2.52 bits per heavy atom. The van der Waals surface area contributed by atoms with Gasteiger partial charge in [-0.15, -0.1) is 11.3 Å². The molecule has 0 amide bonds. The van der Waals surface area contributed by atoms with E-state index in [1.54, 1.807) is 13.0 Å². The molecule has 3 heterocycles. The summed E-state index contributed by atoms with van der Waals surface area (Å²) in [5.74, 6) is 0.185. The van der Waals surface area contributed by atoms with Crippen LogP contribution >= 0.6 is 11.3 Å². The highest BCUT2D eigenvalue weighted by Gasteiger charge is 2.24. The highest BCUT2D eigenvalue weighted by Crippen LogP contribution is 2.29. The number of esters is 2. The fourth-order valence-electron chi connectivity index (χ4n) is 3.16. The van der Waals surface area contributed by atoms with Crippen molar-refractivity contribution in [3.8, 4) is 0 Å². The zero-order valence-corrected chi connectivity index (χ0v) is 19.3. The average molecular weight is 447 g/mol. The summed E-state index contributed by atoms with van der Waals surface area (Å²) in [7, 11) is 1.27. The Kier molecular flexibility index (Phi) is 6.64. The maximum Gasteiger partial charge on any atom is 0.373 e. The summed E-state index contributed by atoms with van der Waals surface area (Å²) in [6, 6.07) is 3.13. The first-order valence-electron chi connectivity index (χ1n) is 10.0. The van der Waals surface area contributed by atoms with Crippen LogP contribution in [0.1, 0.15) is 71.0 Å². The Bertz CT molecular complexity index is 1180. The van der Waals surface area contributed by atoms with Crippen LogP contribution in [0.4, 0.5) is 0 Å². The molecule has 0 aliphatic heterocycles. The van der Waals surface area contributed by atoms with Crippen molar-refractivity contribution in [3.63, 3.8) is 0 Å². The van der Waals surface area contributed by atoms with Gasteiger partial charge in [0.2, 0.25) is 5.76 Å². The van der Waals surface area contributed by atoms with Gasteiger partial charge in [-0.3, -0.25) is 9.36 Å². The van der Waals surface area contributed by atoms with E-state index in [2.05, 4.69) is 9.72 Å². The molecule has 0 spiro atoms. The molecule has 0 N–H and O–H groups in total. The van der Waals surface area contributed by atoms with Gasteiger partial charge in [0, 0.05) is 5.92 Å². The van der Waals surface area contributed by atoms with Crippen molar-refractivity contribution in [1.82, 2.24) is 9.55 Å². The molecule has 0 aromatic carbocycles. The van der Waals surface area contributed by atoms with Crippen LogP contribution in [-0.2, 0) is 16.0 Å². The maximum atomic E-state index is 13.4. The highest BCUT2D eigenvalue weighted by molar-refractivity contribution is 7.20. The molecule has 8 nitrogen and oxygen atoms in total. The zero-order valence-electron chi connectivity index (χ0n) is 18.5. The molecule has 0 bridgehead atoms. The number of nitrogens with zero attached hydrogens (tertiary/aromatic N) is 2. The maximum absolute atomic E-state index is 13.4. The second kappa shape index (κ2) is 9.05. The number of aromatic nitrogens is 2. The summed E-state index contributed by atoms with van der Waals surface area (Å²) in [6.07, 6.45) is 0. The Morgan fingerprint density at radius 2 is 1.90 bits per heavy atom. The third kappa shape index (κ3) is 4.56. The van der Waals surface area contributed by atoms with Crippen LogP contribution in [0.5, 0.6) is 0 Å². The van der Waals surface area contributed by atoms with Gasteiger partial charge in [0.1, 0.15) is 21.3 Å². The fourth-order valence-corrected chi connectivity index (χ4v) is 4.23. The predicted octanol–water partition coefficient (Wildman–Crippen LogP) is 4.13. The minimum Gasteiger partial charge on any atom is -0.463 e. The summed E-state index contributed by atoms with van der Waals surface area (Å²) in [5.41, 5.74) is 0.298. The molecule has 3 aromatic rings. The van der Waals surface area contributed by atoms with Crippen LogP contribution in [-0.4, -0.2) is 35.2 Å². The average Bonchev–Trinajstić information content (AvgIpc) is 3.32. The molecule has 3 aromatic heterocycles. The molecular weight excluding hydrogens is 420 g/mol. The van der Waals surface area contributed by atoms with E-state index in [0.717, 1.165) is 0 Å². The second-order valence-corrected chi connectivity index (χ2v) is 9.00. The van der Waals surface area contributed by atoms with E-state index >= 15 is 0 Å². The van der Waals surface area contributed by atoms with E-state index < -0.39 is 11.9 Å². The van der Waals surface area contributed by atoms with Gasteiger partial charge in [0.25, 0.3) is 5.56 Å². The molecule has 9 heteroatoms. The van der Waals surface area contributed by atoms with E-state index in [1.165, 1.54) is 29.1 Å². The number of carbonyl (C=O) groups is 2. The molecule has 0 aliphatic rings. The van der Waals surface area contributed by atoms with Crippen LogP contribution < -0.4 is 5.56 Å². The van der Waals surface area contributed by atoms with Crippen molar-refractivity contribution in [2.45, 2.75) is 47.1 Å². The Balaban J connectivity index is 2.08. The number of carbonyl (C=O) groups excluding carboxylic acids is 2. The van der Waals surface area contributed by atoms with E-state index in [-0.39, 0.29) is 29.7 Å². The Morgan fingerprint density at radius 1 is 1.19 bits per heavy atom. The van der Waals surface area contributed by atoms with Crippen LogP contribution in [0.15, 0.2) is 21.3 Å². The normalized spacial score (nSPS) is 11.5. The number of ether oxygens (including phenoxy) is 2.